The predicted octanol–water partition coefficient (Wildman–Crippen LogP) is -0.443. The SMILES string of the molecule is O=c1[nH]c(=O)c2cc(S(=O)(=O)N(C3CC3)C3CCS(=O)(=O)C3)ccc2[nH]1. The molecule has 1 atom stereocenters. The van der Waals surface area contributed by atoms with Gasteiger partial charge in [0.25, 0.3) is 5.56 Å². The van der Waals surface area contributed by atoms with Crippen LogP contribution >= 0.6 is 0 Å². The Morgan fingerprint density at radius 1 is 1.04 bits per heavy atom. The van der Waals surface area contributed by atoms with Gasteiger partial charge in [-0.1, -0.05) is 0 Å². The second-order valence-electron chi connectivity index (χ2n) is 6.74. The summed E-state index contributed by atoms with van der Waals surface area (Å²) in [5.74, 6) is -0.195. The van der Waals surface area contributed by atoms with Crippen molar-refractivity contribution in [3.05, 3.63) is 39.0 Å². The predicted molar refractivity (Wildman–Crippen MR) is 94.3 cm³/mol. The number of sulfone groups is 1. The molecule has 2 heterocycles. The van der Waals surface area contributed by atoms with Crippen LogP contribution < -0.4 is 11.2 Å². The highest BCUT2D eigenvalue weighted by Crippen LogP contribution is 2.37. The van der Waals surface area contributed by atoms with Crippen LogP contribution in [0.3, 0.4) is 0 Å². The highest BCUT2D eigenvalue weighted by atomic mass is 32.2. The van der Waals surface area contributed by atoms with Crippen molar-refractivity contribution in [1.29, 1.82) is 0 Å². The molecule has 1 aliphatic heterocycles. The highest BCUT2D eigenvalue weighted by Gasteiger charge is 2.46. The number of nitrogens with zero attached hydrogens (tertiary/aromatic N) is 1. The second kappa shape index (κ2) is 5.76. The average molecular weight is 399 g/mol. The number of hydrogen-bond donors (Lipinski definition) is 2. The summed E-state index contributed by atoms with van der Waals surface area (Å²) in [6.45, 7) is 0. The molecule has 0 radical (unpaired) electrons. The third-order valence-electron chi connectivity index (χ3n) is 4.76. The molecule has 2 N–H and O–H groups in total. The number of sulfonamides is 1. The van der Waals surface area contributed by atoms with E-state index in [4.69, 9.17) is 0 Å². The van der Waals surface area contributed by atoms with E-state index >= 15 is 0 Å². The molecule has 11 heteroatoms. The average Bonchev–Trinajstić information content (AvgIpc) is 3.30. The van der Waals surface area contributed by atoms with Crippen LogP contribution in [0.5, 0.6) is 0 Å². The van der Waals surface area contributed by atoms with Gasteiger partial charge in [-0.3, -0.25) is 9.78 Å². The van der Waals surface area contributed by atoms with Gasteiger partial charge >= 0.3 is 5.69 Å². The fraction of sp³-hybridized carbons (Fsp3) is 0.467. The van der Waals surface area contributed by atoms with Gasteiger partial charge in [-0.05, 0) is 37.5 Å². The molecule has 9 nitrogen and oxygen atoms in total. The number of rotatable bonds is 4. The van der Waals surface area contributed by atoms with Gasteiger partial charge in [0.05, 0.1) is 27.3 Å². The Morgan fingerprint density at radius 2 is 1.77 bits per heavy atom. The summed E-state index contributed by atoms with van der Waals surface area (Å²) >= 11 is 0. The molecule has 140 valence electrons. The van der Waals surface area contributed by atoms with E-state index < -0.39 is 37.2 Å². The number of benzene rings is 1. The first-order chi connectivity index (χ1) is 12.2. The lowest BCUT2D eigenvalue weighted by atomic mass is 10.2. The van der Waals surface area contributed by atoms with Gasteiger partial charge in [0.1, 0.15) is 0 Å². The lowest BCUT2D eigenvalue weighted by molar-refractivity contribution is 0.332. The van der Waals surface area contributed by atoms with Crippen LogP contribution in [-0.2, 0) is 19.9 Å². The Hall–Kier alpha value is -1.98. The Balaban J connectivity index is 1.81. The number of aromatic nitrogens is 2. The van der Waals surface area contributed by atoms with Crippen LogP contribution in [0.25, 0.3) is 10.9 Å². The molecule has 0 bridgehead atoms. The maximum Gasteiger partial charge on any atom is 0.326 e. The zero-order chi connectivity index (χ0) is 18.7. The zero-order valence-corrected chi connectivity index (χ0v) is 15.3. The van der Waals surface area contributed by atoms with Gasteiger partial charge in [-0.25, -0.2) is 21.6 Å². The lowest BCUT2D eigenvalue weighted by Crippen LogP contribution is -2.42. The molecular formula is C15H17N3O6S2. The Morgan fingerprint density at radius 3 is 2.38 bits per heavy atom. The van der Waals surface area contributed by atoms with Crippen molar-refractivity contribution in [3.8, 4) is 0 Å². The minimum absolute atomic E-state index is 0.0188. The third kappa shape index (κ3) is 2.99. The van der Waals surface area contributed by atoms with Gasteiger partial charge in [-0.2, -0.15) is 4.31 Å². The first kappa shape index (κ1) is 17.4. The van der Waals surface area contributed by atoms with Crippen molar-refractivity contribution in [3.63, 3.8) is 0 Å². The summed E-state index contributed by atoms with van der Waals surface area (Å²) in [5, 5.41) is 0.0560. The number of hydrogen-bond acceptors (Lipinski definition) is 6. The fourth-order valence-corrected chi connectivity index (χ4v) is 7.15. The van der Waals surface area contributed by atoms with E-state index in [1.165, 1.54) is 22.5 Å². The lowest BCUT2D eigenvalue weighted by Gasteiger charge is -2.27. The molecule has 2 aliphatic rings. The van der Waals surface area contributed by atoms with E-state index in [2.05, 4.69) is 9.97 Å². The Bertz CT molecular complexity index is 1210. The van der Waals surface area contributed by atoms with Crippen LogP contribution in [0, 0.1) is 0 Å². The molecule has 1 saturated carbocycles. The maximum absolute atomic E-state index is 13.2. The van der Waals surface area contributed by atoms with Crippen molar-refractivity contribution in [2.45, 2.75) is 36.2 Å². The van der Waals surface area contributed by atoms with Crippen LogP contribution in [0.1, 0.15) is 19.3 Å². The Labute approximate surface area is 149 Å². The number of aromatic amines is 2. The monoisotopic (exact) mass is 399 g/mol. The molecule has 1 aromatic heterocycles. The van der Waals surface area contributed by atoms with E-state index in [-0.39, 0.29) is 39.8 Å². The van der Waals surface area contributed by atoms with Crippen molar-refractivity contribution >= 4 is 30.8 Å². The summed E-state index contributed by atoms with van der Waals surface area (Å²) in [5.41, 5.74) is -1.12. The van der Waals surface area contributed by atoms with Crippen molar-refractivity contribution in [1.82, 2.24) is 14.3 Å². The van der Waals surface area contributed by atoms with E-state index in [0.29, 0.717) is 12.8 Å². The standard InChI is InChI=1S/C15H17N3O6S2/c19-14-12-7-11(3-4-13(12)16-15(20)17-14)26(23,24)18(9-1-2-9)10-5-6-25(21,22)8-10/h3-4,7,9-10H,1-2,5-6,8H2,(H2,16,17,19,20). The van der Waals surface area contributed by atoms with E-state index in [9.17, 15) is 26.4 Å². The van der Waals surface area contributed by atoms with E-state index in [1.807, 2.05) is 0 Å². The van der Waals surface area contributed by atoms with Gasteiger partial charge < -0.3 is 4.98 Å². The highest BCUT2D eigenvalue weighted by molar-refractivity contribution is 7.92. The van der Waals surface area contributed by atoms with Crippen molar-refractivity contribution in [2.24, 2.45) is 0 Å². The van der Waals surface area contributed by atoms with Crippen molar-refractivity contribution < 1.29 is 16.8 Å². The maximum atomic E-state index is 13.2. The molecule has 26 heavy (non-hydrogen) atoms. The summed E-state index contributed by atoms with van der Waals surface area (Å²) in [6, 6.07) is 3.13. The molecular weight excluding hydrogens is 382 g/mol. The summed E-state index contributed by atoms with van der Waals surface area (Å²) in [4.78, 5) is 27.7. The summed E-state index contributed by atoms with van der Waals surface area (Å²) in [7, 11) is -7.20. The van der Waals surface area contributed by atoms with Crippen LogP contribution in [0.15, 0.2) is 32.7 Å². The molecule has 2 fully saturated rings. The third-order valence-corrected chi connectivity index (χ3v) is 8.51. The zero-order valence-electron chi connectivity index (χ0n) is 13.6. The summed E-state index contributed by atoms with van der Waals surface area (Å²) < 4.78 is 51.3. The molecule has 1 aliphatic carbocycles. The second-order valence-corrected chi connectivity index (χ2v) is 10.8. The first-order valence-electron chi connectivity index (χ1n) is 8.18. The normalized spacial score (nSPS) is 22.9. The summed E-state index contributed by atoms with van der Waals surface area (Å²) in [6.07, 6.45) is 1.66. The van der Waals surface area contributed by atoms with Gasteiger partial charge in [0.15, 0.2) is 9.84 Å². The molecule has 0 spiro atoms. The van der Waals surface area contributed by atoms with E-state index in [1.54, 1.807) is 0 Å². The fourth-order valence-electron chi connectivity index (χ4n) is 3.42. The molecule has 1 saturated heterocycles. The van der Waals surface area contributed by atoms with E-state index in [0.717, 1.165) is 0 Å². The van der Waals surface area contributed by atoms with Crippen molar-refractivity contribution in [2.75, 3.05) is 11.5 Å². The minimum atomic E-state index is -3.97. The molecule has 0 amide bonds. The molecule has 1 aromatic carbocycles. The molecule has 4 rings (SSSR count). The smallest absolute Gasteiger partial charge is 0.307 e. The largest absolute Gasteiger partial charge is 0.326 e. The first-order valence-corrected chi connectivity index (χ1v) is 11.4. The Kier molecular flexibility index (Phi) is 3.86. The molecule has 2 aromatic rings. The van der Waals surface area contributed by atoms with Crippen LogP contribution in [0.4, 0.5) is 0 Å². The van der Waals surface area contributed by atoms with Gasteiger partial charge in [0, 0.05) is 12.1 Å². The van der Waals surface area contributed by atoms with Crippen LogP contribution in [-0.4, -0.2) is 54.7 Å². The topological polar surface area (TPSA) is 137 Å². The number of fused-ring (bicyclic) bond motifs is 1. The number of H-pyrrole nitrogens is 2. The molecule has 1 unspecified atom stereocenters. The number of nitrogens with one attached hydrogen (secondary N) is 2. The van der Waals surface area contributed by atoms with Gasteiger partial charge in [0.2, 0.25) is 10.0 Å². The van der Waals surface area contributed by atoms with Crippen LogP contribution in [0.2, 0.25) is 0 Å². The quantitative estimate of drug-likeness (QED) is 0.715. The minimum Gasteiger partial charge on any atom is -0.307 e. The van der Waals surface area contributed by atoms with Gasteiger partial charge in [-0.15, -0.1) is 0 Å².